The molecule has 296 valence electrons. The first-order valence-electron chi connectivity index (χ1n) is 22.7. The van der Waals surface area contributed by atoms with Gasteiger partial charge in [0.2, 0.25) is 0 Å². The average Bonchev–Trinajstić information content (AvgIpc) is 3.07. The number of hydrogen-bond acceptors (Lipinski definition) is 4. The Bertz CT molecular complexity index is 567. The maximum atomic E-state index is 3.82. The predicted molar refractivity (Wildman–Crippen MR) is 224 cm³/mol. The maximum absolute atomic E-state index is 3.82. The first-order valence-corrected chi connectivity index (χ1v) is 22.7. The molecule has 4 N–H and O–H groups in total. The van der Waals surface area contributed by atoms with E-state index in [0.717, 1.165) is 26.2 Å². The van der Waals surface area contributed by atoms with E-state index < -0.39 is 0 Å². The minimum Gasteiger partial charge on any atom is -0.317 e. The molecule has 4 nitrogen and oxygen atoms in total. The third kappa shape index (κ3) is 40.5. The van der Waals surface area contributed by atoms with Gasteiger partial charge >= 0.3 is 0 Å². The summed E-state index contributed by atoms with van der Waals surface area (Å²) in [6, 6.07) is 0. The molecular weight excluding hydrogens is 597 g/mol. The monoisotopic (exact) mass is 693 g/mol. The van der Waals surface area contributed by atoms with E-state index in [9.17, 15) is 0 Å². The van der Waals surface area contributed by atoms with Gasteiger partial charge in [0, 0.05) is 11.1 Å². The maximum Gasteiger partial charge on any atom is 0.0137 e. The molecule has 0 unspecified atom stereocenters. The Morgan fingerprint density at radius 2 is 0.510 bits per heavy atom. The van der Waals surface area contributed by atoms with E-state index in [4.69, 9.17) is 0 Å². The quantitative estimate of drug-likeness (QED) is 0.0481. The summed E-state index contributed by atoms with van der Waals surface area (Å²) >= 11 is 0. The summed E-state index contributed by atoms with van der Waals surface area (Å²) < 4.78 is 0. The van der Waals surface area contributed by atoms with Gasteiger partial charge in [-0.15, -0.1) is 0 Å². The van der Waals surface area contributed by atoms with E-state index in [1.807, 2.05) is 0 Å². The van der Waals surface area contributed by atoms with Crippen molar-refractivity contribution in [3.8, 4) is 0 Å². The Morgan fingerprint density at radius 1 is 0.265 bits per heavy atom. The molecule has 0 aliphatic heterocycles. The van der Waals surface area contributed by atoms with Gasteiger partial charge in [-0.25, -0.2) is 0 Å². The minimum absolute atomic E-state index is 0.229. The molecule has 0 amide bonds. The van der Waals surface area contributed by atoms with Crippen molar-refractivity contribution >= 4 is 0 Å². The summed E-state index contributed by atoms with van der Waals surface area (Å²) in [7, 11) is 0. The van der Waals surface area contributed by atoms with Crippen molar-refractivity contribution in [3.05, 3.63) is 0 Å². The lowest BCUT2D eigenvalue weighted by molar-refractivity contribution is 0.346. The van der Waals surface area contributed by atoms with Gasteiger partial charge < -0.3 is 21.3 Å². The van der Waals surface area contributed by atoms with Gasteiger partial charge in [-0.05, 0) is 99.1 Å². The molecule has 0 aliphatic rings. The fraction of sp³-hybridized carbons (Fsp3) is 1.00. The van der Waals surface area contributed by atoms with Gasteiger partial charge in [0.1, 0.15) is 0 Å². The van der Waals surface area contributed by atoms with Crippen LogP contribution in [0.5, 0.6) is 0 Å². The smallest absolute Gasteiger partial charge is 0.0137 e. The molecule has 0 rings (SSSR count). The standard InChI is InChI=1S/C45H96N4/c1-7-9-11-13-15-17-19-21-23-25-27-29-31-33-40-48-44(3,4)36-42-46-38-35-39-47-43-37-45(5,6)49-41-34-32-30-28-26-24-22-20-18-16-14-12-10-8-2/h46-49H,7-43H2,1-6H3. The second-order valence-electron chi connectivity index (χ2n) is 17.2. The van der Waals surface area contributed by atoms with Crippen molar-refractivity contribution in [1.82, 2.24) is 21.3 Å². The highest BCUT2D eigenvalue weighted by Crippen LogP contribution is 2.15. The third-order valence-electron chi connectivity index (χ3n) is 10.8. The molecule has 4 heteroatoms. The Labute approximate surface area is 311 Å². The van der Waals surface area contributed by atoms with E-state index in [0.29, 0.717) is 0 Å². The van der Waals surface area contributed by atoms with Crippen molar-refractivity contribution in [3.63, 3.8) is 0 Å². The van der Waals surface area contributed by atoms with E-state index in [2.05, 4.69) is 62.8 Å². The van der Waals surface area contributed by atoms with E-state index in [1.54, 1.807) is 0 Å². The molecule has 0 spiro atoms. The Hall–Kier alpha value is -0.160. The van der Waals surface area contributed by atoms with E-state index in [1.165, 1.54) is 212 Å². The molecule has 0 saturated carbocycles. The van der Waals surface area contributed by atoms with Crippen molar-refractivity contribution in [2.24, 2.45) is 0 Å². The highest BCUT2D eigenvalue weighted by molar-refractivity contribution is 4.79. The zero-order valence-corrected chi connectivity index (χ0v) is 35.2. The fourth-order valence-electron chi connectivity index (χ4n) is 7.06. The van der Waals surface area contributed by atoms with Gasteiger partial charge in [-0.3, -0.25) is 0 Å². The van der Waals surface area contributed by atoms with Gasteiger partial charge in [0.15, 0.2) is 0 Å². The molecule has 0 atom stereocenters. The molecule has 0 saturated heterocycles. The van der Waals surface area contributed by atoms with Crippen LogP contribution >= 0.6 is 0 Å². The Balaban J connectivity index is 3.43. The summed E-state index contributed by atoms with van der Waals surface area (Å²) in [5.41, 5.74) is 0.458. The molecule has 0 aromatic heterocycles. The summed E-state index contributed by atoms with van der Waals surface area (Å²) in [5, 5.41) is 15.0. The van der Waals surface area contributed by atoms with Crippen molar-refractivity contribution in [2.75, 3.05) is 39.3 Å². The van der Waals surface area contributed by atoms with Crippen LogP contribution in [-0.2, 0) is 0 Å². The molecule has 0 aromatic rings. The molecule has 0 radical (unpaired) electrons. The van der Waals surface area contributed by atoms with Crippen LogP contribution in [0.25, 0.3) is 0 Å². The van der Waals surface area contributed by atoms with E-state index in [-0.39, 0.29) is 11.1 Å². The zero-order chi connectivity index (χ0) is 36.0. The van der Waals surface area contributed by atoms with Crippen LogP contribution in [0.2, 0.25) is 0 Å². The predicted octanol–water partition coefficient (Wildman–Crippen LogP) is 13.0. The lowest BCUT2D eigenvalue weighted by Crippen LogP contribution is -2.42. The van der Waals surface area contributed by atoms with Crippen LogP contribution in [0.1, 0.15) is 241 Å². The number of unbranched alkanes of at least 4 members (excludes halogenated alkanes) is 26. The fourth-order valence-corrected chi connectivity index (χ4v) is 7.06. The largest absolute Gasteiger partial charge is 0.317 e. The summed E-state index contributed by atoms with van der Waals surface area (Å²) in [6.45, 7) is 20.9. The second kappa shape index (κ2) is 37.6. The minimum atomic E-state index is 0.229. The zero-order valence-electron chi connectivity index (χ0n) is 35.2. The van der Waals surface area contributed by atoms with Crippen molar-refractivity contribution in [2.45, 2.75) is 252 Å². The van der Waals surface area contributed by atoms with Crippen LogP contribution in [0, 0.1) is 0 Å². The van der Waals surface area contributed by atoms with Crippen LogP contribution in [-0.4, -0.2) is 50.3 Å². The lowest BCUT2D eigenvalue weighted by atomic mass is 10.00. The number of hydrogen-bond donors (Lipinski definition) is 4. The number of nitrogens with one attached hydrogen (secondary N) is 4. The van der Waals surface area contributed by atoms with Gasteiger partial charge in [-0.1, -0.05) is 181 Å². The topological polar surface area (TPSA) is 48.1 Å². The summed E-state index contributed by atoms with van der Waals surface area (Å²) in [5.74, 6) is 0. The van der Waals surface area contributed by atoms with Crippen LogP contribution in [0.4, 0.5) is 0 Å². The second-order valence-corrected chi connectivity index (χ2v) is 17.2. The van der Waals surface area contributed by atoms with Gasteiger partial charge in [0.05, 0.1) is 0 Å². The molecule has 0 bridgehead atoms. The van der Waals surface area contributed by atoms with Crippen LogP contribution in [0.15, 0.2) is 0 Å². The van der Waals surface area contributed by atoms with Crippen molar-refractivity contribution in [1.29, 1.82) is 0 Å². The first-order chi connectivity index (χ1) is 23.8. The highest BCUT2D eigenvalue weighted by Gasteiger charge is 2.16. The summed E-state index contributed by atoms with van der Waals surface area (Å²) in [4.78, 5) is 0. The molecule has 0 fully saturated rings. The van der Waals surface area contributed by atoms with Gasteiger partial charge in [0.25, 0.3) is 0 Å². The van der Waals surface area contributed by atoms with Crippen LogP contribution < -0.4 is 21.3 Å². The summed E-state index contributed by atoms with van der Waals surface area (Å²) in [6.07, 6.45) is 43.7. The Kier molecular flexibility index (Phi) is 37.5. The molecular formula is C45H96N4. The highest BCUT2D eigenvalue weighted by atomic mass is 15.0. The van der Waals surface area contributed by atoms with E-state index >= 15 is 0 Å². The average molecular weight is 693 g/mol. The van der Waals surface area contributed by atoms with Crippen molar-refractivity contribution < 1.29 is 0 Å². The SMILES string of the molecule is CCCCCCCCCCCCCCCCNC(C)(C)CCNCCCNCCC(C)(C)NCCCCCCCCCCCCCCCC. The molecule has 0 aromatic carbocycles. The Morgan fingerprint density at radius 3 is 0.776 bits per heavy atom. The van der Waals surface area contributed by atoms with Crippen LogP contribution in [0.3, 0.4) is 0 Å². The molecule has 0 heterocycles. The van der Waals surface area contributed by atoms with Gasteiger partial charge in [-0.2, -0.15) is 0 Å². The normalized spacial score (nSPS) is 12.4. The number of rotatable bonds is 42. The molecule has 0 aliphatic carbocycles. The molecule has 49 heavy (non-hydrogen) atoms. The first kappa shape index (κ1) is 48.8. The third-order valence-corrected chi connectivity index (χ3v) is 10.8. The lowest BCUT2D eigenvalue weighted by Gasteiger charge is -2.27.